The predicted octanol–water partition coefficient (Wildman–Crippen LogP) is 7.16. The fourth-order valence-corrected chi connectivity index (χ4v) is 5.20. The molecule has 6 nitrogen and oxygen atoms in total. The van der Waals surface area contributed by atoms with Crippen molar-refractivity contribution in [3.8, 4) is 11.5 Å². The summed E-state index contributed by atoms with van der Waals surface area (Å²) in [6.45, 7) is 2.38. The average Bonchev–Trinajstić information content (AvgIpc) is 3.52. The van der Waals surface area contributed by atoms with Crippen LogP contribution in [0.2, 0.25) is 5.02 Å². The molecule has 0 aliphatic carbocycles. The van der Waals surface area contributed by atoms with Crippen LogP contribution in [0, 0.1) is 5.82 Å². The van der Waals surface area contributed by atoms with Crippen molar-refractivity contribution in [2.24, 2.45) is 0 Å². The third-order valence-electron chi connectivity index (χ3n) is 6.85. The quantitative estimate of drug-likeness (QED) is 0.271. The first kappa shape index (κ1) is 24.0. The monoisotopic (exact) mass is 525 g/mol. The van der Waals surface area contributed by atoms with Crippen molar-refractivity contribution in [3.63, 3.8) is 0 Å². The molecule has 0 saturated carbocycles. The summed E-state index contributed by atoms with van der Waals surface area (Å²) >= 11 is 6.05. The Morgan fingerprint density at radius 1 is 1.00 bits per heavy atom. The smallest absolute Gasteiger partial charge is 0.308 e. The van der Waals surface area contributed by atoms with Gasteiger partial charge in [0.1, 0.15) is 11.6 Å². The molecule has 38 heavy (non-hydrogen) atoms. The summed E-state index contributed by atoms with van der Waals surface area (Å²) in [5, 5.41) is 8.58. The minimum Gasteiger partial charge on any atom is -0.308 e. The fraction of sp³-hybridized carbons (Fsp3) is 0.133. The maximum Gasteiger partial charge on any atom is 0.322 e. The van der Waals surface area contributed by atoms with Crippen LogP contribution in [0.15, 0.2) is 97.2 Å². The number of benzene rings is 3. The minimum atomic E-state index is -0.473. The zero-order valence-electron chi connectivity index (χ0n) is 20.7. The van der Waals surface area contributed by atoms with Crippen LogP contribution in [0.1, 0.15) is 35.5 Å². The first-order valence-electron chi connectivity index (χ1n) is 12.5. The van der Waals surface area contributed by atoms with Crippen molar-refractivity contribution in [1.82, 2.24) is 19.2 Å². The van der Waals surface area contributed by atoms with Crippen molar-refractivity contribution in [1.29, 1.82) is 0 Å². The van der Waals surface area contributed by atoms with E-state index in [1.165, 1.54) is 12.1 Å². The number of carbonyl (C=O) groups is 1. The number of aryl methyl sites for hydroxylation is 1. The molecule has 3 aromatic carbocycles. The highest BCUT2D eigenvalue weighted by Crippen LogP contribution is 2.39. The van der Waals surface area contributed by atoms with Gasteiger partial charge in [0, 0.05) is 22.5 Å². The van der Waals surface area contributed by atoms with Crippen LogP contribution >= 0.6 is 11.6 Å². The van der Waals surface area contributed by atoms with Crippen LogP contribution in [0.5, 0.6) is 0 Å². The molecule has 3 heterocycles. The van der Waals surface area contributed by atoms with E-state index in [1.807, 2.05) is 53.3 Å². The van der Waals surface area contributed by atoms with E-state index in [1.54, 1.807) is 41.3 Å². The molecule has 0 bridgehead atoms. The Hall–Kier alpha value is -4.36. The highest BCUT2D eigenvalue weighted by molar-refractivity contribution is 6.30. The van der Waals surface area contributed by atoms with Crippen LogP contribution in [0.3, 0.4) is 0 Å². The van der Waals surface area contributed by atoms with Gasteiger partial charge in [-0.25, -0.2) is 13.9 Å². The van der Waals surface area contributed by atoms with E-state index in [0.717, 1.165) is 34.0 Å². The standard InChI is InChI=1S/C30H25ClFN5O/c1-2-26-25-19-36(30(38)33-23-16-12-21(31)13-17-23)28(20-10-14-22(32)15-11-20)27-9-6-18-35(27)29(25)37(34-26)24-7-4-3-5-8-24/h3-18,28H,2,19H2,1H3,(H,33,38). The minimum absolute atomic E-state index is 0.281. The summed E-state index contributed by atoms with van der Waals surface area (Å²) in [5.74, 6) is 0.563. The van der Waals surface area contributed by atoms with Gasteiger partial charge < -0.3 is 14.8 Å². The van der Waals surface area contributed by atoms with E-state index in [2.05, 4.69) is 16.8 Å². The van der Waals surface area contributed by atoms with Gasteiger partial charge in [-0.05, 0) is 72.6 Å². The Morgan fingerprint density at radius 3 is 2.45 bits per heavy atom. The number of fused-ring (bicyclic) bond motifs is 3. The summed E-state index contributed by atoms with van der Waals surface area (Å²) in [6, 6.07) is 26.5. The number of hydrogen-bond acceptors (Lipinski definition) is 2. The Kier molecular flexibility index (Phi) is 6.21. The lowest BCUT2D eigenvalue weighted by Crippen LogP contribution is -2.38. The molecule has 2 aromatic heterocycles. The van der Waals surface area contributed by atoms with E-state index >= 15 is 0 Å². The maximum absolute atomic E-state index is 13.9. The number of halogens is 2. The van der Waals surface area contributed by atoms with Gasteiger partial charge in [0.05, 0.1) is 29.7 Å². The SMILES string of the molecule is CCc1nn(-c2ccccc2)c2c1CN(C(=O)Nc1ccc(Cl)cc1)C(c1ccc(F)cc1)c1cccn1-2. The van der Waals surface area contributed by atoms with E-state index in [4.69, 9.17) is 16.7 Å². The number of carbonyl (C=O) groups excluding carboxylic acids is 1. The summed E-state index contributed by atoms with van der Waals surface area (Å²) in [4.78, 5) is 15.7. The summed E-state index contributed by atoms with van der Waals surface area (Å²) in [5.41, 5.74) is 5.12. The van der Waals surface area contributed by atoms with Gasteiger partial charge in [-0.15, -0.1) is 0 Å². The molecular weight excluding hydrogens is 501 g/mol. The Labute approximate surface area is 224 Å². The summed E-state index contributed by atoms with van der Waals surface area (Å²) < 4.78 is 18.0. The van der Waals surface area contributed by atoms with E-state index < -0.39 is 6.04 Å². The Bertz CT molecular complexity index is 1590. The highest BCUT2D eigenvalue weighted by Gasteiger charge is 2.36. The van der Waals surface area contributed by atoms with Crippen molar-refractivity contribution in [2.45, 2.75) is 25.9 Å². The van der Waals surface area contributed by atoms with Gasteiger partial charge in [0.25, 0.3) is 0 Å². The topological polar surface area (TPSA) is 55.1 Å². The fourth-order valence-electron chi connectivity index (χ4n) is 5.07. The molecule has 1 unspecified atom stereocenters. The van der Waals surface area contributed by atoms with Gasteiger partial charge in [0.2, 0.25) is 0 Å². The van der Waals surface area contributed by atoms with E-state index in [9.17, 15) is 9.18 Å². The molecule has 0 saturated heterocycles. The van der Waals surface area contributed by atoms with Crippen LogP contribution in [0.25, 0.3) is 11.5 Å². The average molecular weight is 526 g/mol. The molecular formula is C30H25ClFN5O. The third kappa shape index (κ3) is 4.25. The molecule has 2 amide bonds. The molecule has 1 aliphatic rings. The second-order valence-corrected chi connectivity index (χ2v) is 9.61. The first-order valence-corrected chi connectivity index (χ1v) is 12.8. The van der Waals surface area contributed by atoms with Crippen LogP contribution in [-0.4, -0.2) is 25.3 Å². The number of amides is 2. The number of rotatable bonds is 4. The van der Waals surface area contributed by atoms with Gasteiger partial charge in [-0.1, -0.05) is 48.9 Å². The van der Waals surface area contributed by atoms with Crippen LogP contribution in [-0.2, 0) is 13.0 Å². The molecule has 190 valence electrons. The van der Waals surface area contributed by atoms with Gasteiger partial charge in [0.15, 0.2) is 0 Å². The molecule has 0 fully saturated rings. The second-order valence-electron chi connectivity index (χ2n) is 9.17. The Balaban J connectivity index is 1.54. The van der Waals surface area contributed by atoms with Gasteiger partial charge in [-0.2, -0.15) is 5.10 Å². The molecule has 1 N–H and O–H groups in total. The second kappa shape index (κ2) is 9.84. The molecule has 6 rings (SSSR count). The highest BCUT2D eigenvalue weighted by atomic mass is 35.5. The van der Waals surface area contributed by atoms with Crippen molar-refractivity contribution < 1.29 is 9.18 Å². The zero-order chi connectivity index (χ0) is 26.2. The lowest BCUT2D eigenvalue weighted by atomic mass is 10.0. The summed E-state index contributed by atoms with van der Waals surface area (Å²) in [6.07, 6.45) is 2.69. The third-order valence-corrected chi connectivity index (χ3v) is 7.10. The number of hydrogen-bond donors (Lipinski definition) is 1. The molecule has 8 heteroatoms. The number of nitrogens with zero attached hydrogens (tertiary/aromatic N) is 4. The number of anilines is 1. The maximum atomic E-state index is 13.9. The molecule has 0 spiro atoms. The zero-order valence-corrected chi connectivity index (χ0v) is 21.4. The van der Waals surface area contributed by atoms with Crippen LogP contribution in [0.4, 0.5) is 14.9 Å². The molecule has 0 radical (unpaired) electrons. The number of para-hydroxylation sites is 1. The normalized spacial score (nSPS) is 14.5. The molecule has 5 aromatic rings. The molecule has 1 atom stereocenters. The number of aromatic nitrogens is 3. The number of urea groups is 1. The van der Waals surface area contributed by atoms with E-state index in [-0.39, 0.29) is 11.8 Å². The Morgan fingerprint density at radius 2 is 1.74 bits per heavy atom. The lowest BCUT2D eigenvalue weighted by Gasteiger charge is -2.31. The summed E-state index contributed by atoms with van der Waals surface area (Å²) in [7, 11) is 0. The predicted molar refractivity (Wildman–Crippen MR) is 147 cm³/mol. The van der Waals surface area contributed by atoms with Gasteiger partial charge >= 0.3 is 6.03 Å². The largest absolute Gasteiger partial charge is 0.322 e. The van der Waals surface area contributed by atoms with Crippen LogP contribution < -0.4 is 5.32 Å². The van der Waals surface area contributed by atoms with E-state index in [0.29, 0.717) is 23.7 Å². The lowest BCUT2D eigenvalue weighted by molar-refractivity contribution is 0.194. The first-order chi connectivity index (χ1) is 18.5. The molecule has 1 aliphatic heterocycles. The van der Waals surface area contributed by atoms with Gasteiger partial charge in [-0.3, -0.25) is 0 Å². The van der Waals surface area contributed by atoms with Crippen molar-refractivity contribution >= 4 is 23.3 Å². The van der Waals surface area contributed by atoms with Crippen molar-refractivity contribution in [3.05, 3.63) is 131 Å². The number of nitrogens with one attached hydrogen (secondary N) is 1. The van der Waals surface area contributed by atoms with Crippen molar-refractivity contribution in [2.75, 3.05) is 5.32 Å².